The van der Waals surface area contributed by atoms with Gasteiger partial charge in [0, 0.05) is 12.2 Å². The molecule has 1 heterocycles. The first-order chi connectivity index (χ1) is 13.9. The highest BCUT2D eigenvalue weighted by Crippen LogP contribution is 2.05. The van der Waals surface area contributed by atoms with Gasteiger partial charge in [-0.05, 0) is 24.9 Å². The minimum atomic E-state index is -1.18. The molecule has 0 spiro atoms. The van der Waals surface area contributed by atoms with Crippen molar-refractivity contribution in [2.24, 2.45) is 0 Å². The largest absolute Gasteiger partial charge is 0.480 e. The zero-order chi connectivity index (χ0) is 21.2. The molecule has 3 amide bonds. The molecule has 0 radical (unpaired) electrons. The van der Waals surface area contributed by atoms with Crippen LogP contribution in [0.5, 0.6) is 0 Å². The fourth-order valence-electron chi connectivity index (χ4n) is 2.96. The summed E-state index contributed by atoms with van der Waals surface area (Å²) in [6.07, 6.45) is 1.73. The molecule has 29 heavy (non-hydrogen) atoms. The molecule has 0 aromatic heterocycles. The fourth-order valence-corrected chi connectivity index (χ4v) is 3.22. The molecule has 1 aromatic carbocycles. The Morgan fingerprint density at radius 3 is 2.45 bits per heavy atom. The molecule has 1 aliphatic heterocycles. The molecule has 158 valence electrons. The number of carboxylic acid groups (broad SMARTS) is 1. The summed E-state index contributed by atoms with van der Waals surface area (Å²) in [7, 11) is 0. The van der Waals surface area contributed by atoms with Crippen molar-refractivity contribution in [2.75, 3.05) is 18.8 Å². The van der Waals surface area contributed by atoms with E-state index in [4.69, 9.17) is 0 Å². The summed E-state index contributed by atoms with van der Waals surface area (Å²) in [5.41, 5.74) is 0.759. The van der Waals surface area contributed by atoms with E-state index >= 15 is 0 Å². The Balaban J connectivity index is 1.84. The molecule has 3 unspecified atom stereocenters. The van der Waals surface area contributed by atoms with E-state index in [1.807, 2.05) is 6.07 Å². The minimum absolute atomic E-state index is 0.0205. The van der Waals surface area contributed by atoms with Crippen LogP contribution in [0, 0.1) is 0 Å². The summed E-state index contributed by atoms with van der Waals surface area (Å²) in [6.45, 7) is 0.487. The second-order valence-electron chi connectivity index (χ2n) is 6.76. The SMILES string of the molecule is O=C(CNC(=O)C1CCCN1)NC(CS)C(=O)NC(Cc1ccccc1)C(=O)O. The van der Waals surface area contributed by atoms with Crippen LogP contribution < -0.4 is 21.3 Å². The maximum absolute atomic E-state index is 12.4. The van der Waals surface area contributed by atoms with E-state index in [0.29, 0.717) is 6.42 Å². The minimum Gasteiger partial charge on any atom is -0.480 e. The second kappa shape index (κ2) is 11.4. The van der Waals surface area contributed by atoms with Crippen LogP contribution in [0.2, 0.25) is 0 Å². The summed E-state index contributed by atoms with van der Waals surface area (Å²) < 4.78 is 0. The van der Waals surface area contributed by atoms with Crippen LogP contribution in [0.3, 0.4) is 0 Å². The molecule has 1 aromatic rings. The summed E-state index contributed by atoms with van der Waals surface area (Å²) in [6, 6.07) is 6.43. The number of carbonyl (C=O) groups is 4. The molecular formula is C19H26N4O5S. The van der Waals surface area contributed by atoms with E-state index in [-0.39, 0.29) is 30.7 Å². The van der Waals surface area contributed by atoms with Crippen LogP contribution in [-0.2, 0) is 25.6 Å². The fraction of sp³-hybridized carbons (Fsp3) is 0.474. The third kappa shape index (κ3) is 7.39. The molecule has 1 fully saturated rings. The van der Waals surface area contributed by atoms with Crippen molar-refractivity contribution in [3.05, 3.63) is 35.9 Å². The van der Waals surface area contributed by atoms with Gasteiger partial charge < -0.3 is 26.4 Å². The van der Waals surface area contributed by atoms with Crippen molar-refractivity contribution in [1.82, 2.24) is 21.3 Å². The van der Waals surface area contributed by atoms with Gasteiger partial charge in [-0.1, -0.05) is 30.3 Å². The number of benzene rings is 1. The van der Waals surface area contributed by atoms with Crippen molar-refractivity contribution < 1.29 is 24.3 Å². The molecule has 5 N–H and O–H groups in total. The molecule has 1 aliphatic rings. The zero-order valence-corrected chi connectivity index (χ0v) is 16.8. The number of rotatable bonds is 10. The lowest BCUT2D eigenvalue weighted by atomic mass is 10.1. The Morgan fingerprint density at radius 1 is 1.14 bits per heavy atom. The highest BCUT2D eigenvalue weighted by atomic mass is 32.1. The second-order valence-corrected chi connectivity index (χ2v) is 7.12. The van der Waals surface area contributed by atoms with Gasteiger partial charge in [0.25, 0.3) is 0 Å². The summed E-state index contributed by atoms with van der Waals surface area (Å²) in [5, 5.41) is 19.8. The van der Waals surface area contributed by atoms with E-state index in [2.05, 4.69) is 33.9 Å². The average molecular weight is 423 g/mol. The third-order valence-corrected chi connectivity index (χ3v) is 4.90. The Bertz CT molecular complexity index is 725. The van der Waals surface area contributed by atoms with Gasteiger partial charge in [0.05, 0.1) is 12.6 Å². The van der Waals surface area contributed by atoms with E-state index < -0.39 is 29.9 Å². The van der Waals surface area contributed by atoms with Crippen molar-refractivity contribution >= 4 is 36.3 Å². The van der Waals surface area contributed by atoms with Gasteiger partial charge in [-0.25, -0.2) is 4.79 Å². The zero-order valence-electron chi connectivity index (χ0n) is 15.9. The van der Waals surface area contributed by atoms with Gasteiger partial charge in [0.15, 0.2) is 0 Å². The van der Waals surface area contributed by atoms with Gasteiger partial charge in [0.2, 0.25) is 17.7 Å². The Kier molecular flexibility index (Phi) is 8.94. The quantitative estimate of drug-likeness (QED) is 0.270. The normalized spacial score (nSPS) is 17.8. The van der Waals surface area contributed by atoms with Gasteiger partial charge in [-0.2, -0.15) is 12.6 Å². The molecule has 0 aliphatic carbocycles. The number of carboxylic acids is 1. The van der Waals surface area contributed by atoms with Gasteiger partial charge in [0.1, 0.15) is 12.1 Å². The number of nitrogens with one attached hydrogen (secondary N) is 4. The maximum Gasteiger partial charge on any atom is 0.326 e. The number of hydrogen-bond acceptors (Lipinski definition) is 6. The number of thiol groups is 1. The highest BCUT2D eigenvalue weighted by molar-refractivity contribution is 7.80. The molecule has 10 heteroatoms. The Hall–Kier alpha value is -2.59. The van der Waals surface area contributed by atoms with Crippen LogP contribution in [-0.4, -0.2) is 65.8 Å². The van der Waals surface area contributed by atoms with Crippen molar-refractivity contribution in [3.8, 4) is 0 Å². The molecule has 9 nitrogen and oxygen atoms in total. The molecule has 0 saturated carbocycles. The standard InChI is InChI=1S/C19H26N4O5S/c24-16(10-21-17(25)13-7-4-8-20-13)22-15(11-29)18(26)23-14(19(27)28)9-12-5-2-1-3-6-12/h1-3,5-6,13-15,20,29H,4,7-11H2,(H,21,25)(H,22,24)(H,23,26)(H,27,28). The Morgan fingerprint density at radius 2 is 1.86 bits per heavy atom. The molecule has 0 bridgehead atoms. The predicted octanol–water partition coefficient (Wildman–Crippen LogP) is -0.919. The first-order valence-corrected chi connectivity index (χ1v) is 10.0. The number of hydrogen-bond donors (Lipinski definition) is 6. The summed E-state index contributed by atoms with van der Waals surface area (Å²) in [5.74, 6) is -2.67. The first-order valence-electron chi connectivity index (χ1n) is 9.39. The topological polar surface area (TPSA) is 137 Å². The van der Waals surface area contributed by atoms with Crippen LogP contribution in [0.15, 0.2) is 30.3 Å². The third-order valence-electron chi connectivity index (χ3n) is 4.53. The van der Waals surface area contributed by atoms with Crippen LogP contribution in [0.4, 0.5) is 0 Å². The van der Waals surface area contributed by atoms with Gasteiger partial charge >= 0.3 is 5.97 Å². The van der Waals surface area contributed by atoms with Gasteiger partial charge in [-0.3, -0.25) is 14.4 Å². The maximum atomic E-state index is 12.4. The lowest BCUT2D eigenvalue weighted by Gasteiger charge is -2.20. The van der Waals surface area contributed by atoms with E-state index in [0.717, 1.165) is 18.5 Å². The predicted molar refractivity (Wildman–Crippen MR) is 110 cm³/mol. The van der Waals surface area contributed by atoms with E-state index in [1.54, 1.807) is 24.3 Å². The van der Waals surface area contributed by atoms with Crippen LogP contribution >= 0.6 is 12.6 Å². The van der Waals surface area contributed by atoms with E-state index in [1.165, 1.54) is 0 Å². The summed E-state index contributed by atoms with van der Waals surface area (Å²) >= 11 is 4.06. The van der Waals surface area contributed by atoms with Crippen molar-refractivity contribution in [2.45, 2.75) is 37.4 Å². The summed E-state index contributed by atoms with van der Waals surface area (Å²) in [4.78, 5) is 47.9. The first kappa shape index (κ1) is 22.7. The lowest BCUT2D eigenvalue weighted by Crippen LogP contribution is -2.54. The highest BCUT2D eigenvalue weighted by Gasteiger charge is 2.27. The van der Waals surface area contributed by atoms with Crippen LogP contribution in [0.1, 0.15) is 18.4 Å². The smallest absolute Gasteiger partial charge is 0.326 e. The lowest BCUT2D eigenvalue weighted by molar-refractivity contribution is -0.142. The van der Waals surface area contributed by atoms with Crippen molar-refractivity contribution in [1.29, 1.82) is 0 Å². The average Bonchev–Trinajstić information content (AvgIpc) is 3.25. The molecule has 1 saturated heterocycles. The number of carbonyl (C=O) groups excluding carboxylic acids is 3. The van der Waals surface area contributed by atoms with E-state index in [9.17, 15) is 24.3 Å². The van der Waals surface area contributed by atoms with Crippen LogP contribution in [0.25, 0.3) is 0 Å². The number of aliphatic carboxylic acids is 1. The number of amides is 3. The van der Waals surface area contributed by atoms with Gasteiger partial charge in [-0.15, -0.1) is 0 Å². The molecule has 2 rings (SSSR count). The monoisotopic (exact) mass is 422 g/mol. The molecular weight excluding hydrogens is 396 g/mol. The van der Waals surface area contributed by atoms with Crippen molar-refractivity contribution in [3.63, 3.8) is 0 Å². The molecule has 3 atom stereocenters. The Labute approximate surface area is 174 Å².